The van der Waals surface area contributed by atoms with E-state index in [9.17, 15) is 4.79 Å². The summed E-state index contributed by atoms with van der Waals surface area (Å²) in [6, 6.07) is 19.8. The summed E-state index contributed by atoms with van der Waals surface area (Å²) in [6.45, 7) is 2.29. The van der Waals surface area contributed by atoms with E-state index in [1.807, 2.05) is 42.5 Å². The fourth-order valence-electron chi connectivity index (χ4n) is 5.56. The third-order valence-corrected chi connectivity index (χ3v) is 7.50. The van der Waals surface area contributed by atoms with Gasteiger partial charge >= 0.3 is 5.97 Å². The highest BCUT2D eigenvalue weighted by molar-refractivity contribution is 5.70. The van der Waals surface area contributed by atoms with Crippen molar-refractivity contribution in [2.24, 2.45) is 23.7 Å². The van der Waals surface area contributed by atoms with Crippen LogP contribution in [-0.2, 0) is 4.79 Å². The summed E-state index contributed by atoms with van der Waals surface area (Å²) in [4.78, 5) is 11.0. The zero-order valence-corrected chi connectivity index (χ0v) is 19.4. The molecule has 3 heteroatoms. The highest BCUT2D eigenvalue weighted by atomic mass is 16.4. The van der Waals surface area contributed by atoms with Gasteiger partial charge in [-0.2, -0.15) is 5.26 Å². The minimum Gasteiger partial charge on any atom is -0.481 e. The fourth-order valence-corrected chi connectivity index (χ4v) is 5.56. The average Bonchev–Trinajstić information content (AvgIpc) is 2.86. The van der Waals surface area contributed by atoms with Crippen LogP contribution in [0.25, 0.3) is 11.1 Å². The lowest BCUT2D eigenvalue weighted by atomic mass is 9.69. The molecule has 0 unspecified atom stereocenters. The standard InChI is InChI=1S/C16H28O2.C13H9N/c1-2-3-12-4-6-13(7-5-12)14-8-10-15(11-9-14)16(17)18;14-10-11-6-8-13(9-7-11)12-4-2-1-3-5-12/h12-15H,2-11H2,1H3,(H,17,18);1-9H. The van der Waals surface area contributed by atoms with E-state index in [1.54, 1.807) is 0 Å². The van der Waals surface area contributed by atoms with Crippen molar-refractivity contribution >= 4 is 5.97 Å². The van der Waals surface area contributed by atoms with Gasteiger partial charge in [-0.25, -0.2) is 0 Å². The first-order valence-electron chi connectivity index (χ1n) is 12.4. The summed E-state index contributed by atoms with van der Waals surface area (Å²) in [5.74, 6) is 2.12. The zero-order valence-electron chi connectivity index (χ0n) is 19.4. The Hall–Kier alpha value is -2.60. The minimum absolute atomic E-state index is 0.0438. The third kappa shape index (κ3) is 6.95. The van der Waals surface area contributed by atoms with Gasteiger partial charge in [0.2, 0.25) is 0 Å². The van der Waals surface area contributed by atoms with Gasteiger partial charge in [0.25, 0.3) is 0 Å². The molecule has 32 heavy (non-hydrogen) atoms. The molecule has 1 N–H and O–H groups in total. The van der Waals surface area contributed by atoms with Crippen molar-refractivity contribution in [1.82, 2.24) is 0 Å². The van der Waals surface area contributed by atoms with E-state index in [0.717, 1.165) is 36.2 Å². The van der Waals surface area contributed by atoms with Crippen LogP contribution in [-0.4, -0.2) is 11.1 Å². The van der Waals surface area contributed by atoms with Crippen molar-refractivity contribution < 1.29 is 9.90 Å². The fraction of sp³-hybridized carbons (Fsp3) is 0.517. The Labute approximate surface area is 193 Å². The van der Waals surface area contributed by atoms with Gasteiger partial charge < -0.3 is 5.11 Å². The number of carboxylic acid groups (broad SMARTS) is 1. The maximum absolute atomic E-state index is 11.0. The lowest BCUT2D eigenvalue weighted by Gasteiger charge is -2.37. The minimum atomic E-state index is -0.569. The van der Waals surface area contributed by atoms with Crippen LogP contribution in [0.5, 0.6) is 0 Å². The molecular weight excluding hydrogens is 394 g/mol. The van der Waals surface area contributed by atoms with Crippen molar-refractivity contribution in [1.29, 1.82) is 5.26 Å². The first-order chi connectivity index (χ1) is 15.6. The van der Waals surface area contributed by atoms with Gasteiger partial charge in [-0.15, -0.1) is 0 Å². The zero-order chi connectivity index (χ0) is 22.8. The van der Waals surface area contributed by atoms with E-state index < -0.39 is 5.97 Å². The molecule has 2 aliphatic carbocycles. The van der Waals surface area contributed by atoms with Crippen LogP contribution < -0.4 is 0 Å². The molecule has 0 radical (unpaired) electrons. The summed E-state index contributed by atoms with van der Waals surface area (Å²) < 4.78 is 0. The average molecular weight is 432 g/mol. The van der Waals surface area contributed by atoms with Gasteiger partial charge in [0.05, 0.1) is 17.6 Å². The van der Waals surface area contributed by atoms with E-state index in [4.69, 9.17) is 10.4 Å². The largest absolute Gasteiger partial charge is 0.481 e. The molecule has 0 atom stereocenters. The first kappa shape index (κ1) is 24.1. The van der Waals surface area contributed by atoms with Gasteiger partial charge in [-0.1, -0.05) is 75.1 Å². The molecule has 2 aromatic carbocycles. The van der Waals surface area contributed by atoms with Gasteiger partial charge in [0.15, 0.2) is 0 Å². The molecule has 0 saturated heterocycles. The molecule has 2 aliphatic rings. The molecule has 0 aliphatic heterocycles. The first-order valence-corrected chi connectivity index (χ1v) is 12.4. The second kappa shape index (κ2) is 12.4. The molecule has 2 fully saturated rings. The second-order valence-corrected chi connectivity index (χ2v) is 9.57. The Balaban J connectivity index is 0.000000186. The number of rotatable bonds is 5. The van der Waals surface area contributed by atoms with Crippen molar-refractivity contribution in [2.45, 2.75) is 71.1 Å². The normalized spacial score (nSPS) is 25.1. The summed E-state index contributed by atoms with van der Waals surface area (Å²) >= 11 is 0. The Morgan fingerprint density at radius 1 is 0.844 bits per heavy atom. The van der Waals surface area contributed by atoms with Gasteiger partial charge in [0.1, 0.15) is 0 Å². The molecule has 0 aromatic heterocycles. The van der Waals surface area contributed by atoms with Crippen LogP contribution in [0.4, 0.5) is 0 Å². The van der Waals surface area contributed by atoms with Gasteiger partial charge in [0, 0.05) is 0 Å². The molecule has 0 bridgehead atoms. The Morgan fingerprint density at radius 3 is 1.88 bits per heavy atom. The topological polar surface area (TPSA) is 61.1 Å². The molecule has 2 saturated carbocycles. The number of aliphatic carboxylic acids is 1. The Morgan fingerprint density at radius 2 is 1.38 bits per heavy atom. The molecule has 170 valence electrons. The molecule has 0 spiro atoms. The van der Waals surface area contributed by atoms with Gasteiger partial charge in [-0.3, -0.25) is 4.79 Å². The summed E-state index contributed by atoms with van der Waals surface area (Å²) in [7, 11) is 0. The SMILES string of the molecule is CCCC1CCC(C2CCC(C(=O)O)CC2)CC1.N#Cc1ccc(-c2ccccc2)cc1. The summed E-state index contributed by atoms with van der Waals surface area (Å²) in [5, 5.41) is 17.7. The number of carboxylic acids is 1. The number of hydrogen-bond acceptors (Lipinski definition) is 2. The lowest BCUT2D eigenvalue weighted by molar-refractivity contribution is -0.143. The van der Waals surface area contributed by atoms with Crippen LogP contribution in [0, 0.1) is 35.0 Å². The maximum Gasteiger partial charge on any atom is 0.306 e. The number of nitrogens with zero attached hydrogens (tertiary/aromatic N) is 1. The number of benzene rings is 2. The monoisotopic (exact) mass is 431 g/mol. The Bertz CT molecular complexity index is 852. The highest BCUT2D eigenvalue weighted by Gasteiger charge is 2.32. The predicted molar refractivity (Wildman–Crippen MR) is 130 cm³/mol. The summed E-state index contributed by atoms with van der Waals surface area (Å²) in [6.07, 6.45) is 12.6. The van der Waals surface area contributed by atoms with E-state index in [0.29, 0.717) is 5.56 Å². The van der Waals surface area contributed by atoms with Crippen molar-refractivity contribution in [2.75, 3.05) is 0 Å². The van der Waals surface area contributed by atoms with Gasteiger partial charge in [-0.05, 0) is 79.5 Å². The van der Waals surface area contributed by atoms with E-state index in [2.05, 4.69) is 25.1 Å². The second-order valence-electron chi connectivity index (χ2n) is 9.57. The highest BCUT2D eigenvalue weighted by Crippen LogP contribution is 2.42. The molecule has 4 rings (SSSR count). The molecule has 3 nitrogen and oxygen atoms in total. The third-order valence-electron chi connectivity index (χ3n) is 7.50. The van der Waals surface area contributed by atoms with Crippen LogP contribution in [0.1, 0.15) is 76.7 Å². The van der Waals surface area contributed by atoms with E-state index >= 15 is 0 Å². The predicted octanol–water partition coefficient (Wildman–Crippen LogP) is 7.71. The lowest BCUT2D eigenvalue weighted by Crippen LogP contribution is -2.28. The summed E-state index contributed by atoms with van der Waals surface area (Å²) in [5.41, 5.74) is 3.02. The molecule has 2 aromatic rings. The van der Waals surface area contributed by atoms with Crippen molar-refractivity contribution in [3.8, 4) is 17.2 Å². The van der Waals surface area contributed by atoms with Crippen LogP contribution in [0.3, 0.4) is 0 Å². The molecule has 0 amide bonds. The maximum atomic E-state index is 11.0. The number of hydrogen-bond donors (Lipinski definition) is 1. The number of nitriles is 1. The van der Waals surface area contributed by atoms with E-state index in [1.165, 1.54) is 56.9 Å². The number of carbonyl (C=O) groups is 1. The smallest absolute Gasteiger partial charge is 0.306 e. The molecular formula is C29H37NO2. The van der Waals surface area contributed by atoms with Crippen molar-refractivity contribution in [3.63, 3.8) is 0 Å². The van der Waals surface area contributed by atoms with Crippen molar-refractivity contribution in [3.05, 3.63) is 60.2 Å². The quantitative estimate of drug-likeness (QED) is 0.527. The van der Waals surface area contributed by atoms with Crippen LogP contribution >= 0.6 is 0 Å². The molecule has 0 heterocycles. The van der Waals surface area contributed by atoms with E-state index in [-0.39, 0.29) is 5.92 Å². The van der Waals surface area contributed by atoms with Crippen LogP contribution in [0.2, 0.25) is 0 Å². The van der Waals surface area contributed by atoms with Crippen LogP contribution in [0.15, 0.2) is 54.6 Å². The Kier molecular flexibility index (Phi) is 9.35.